The lowest BCUT2D eigenvalue weighted by molar-refractivity contribution is 0.355. The van der Waals surface area contributed by atoms with E-state index in [9.17, 15) is 8.42 Å². The Bertz CT molecular complexity index is 467. The number of hydrogen-bond acceptors (Lipinski definition) is 4. The summed E-state index contributed by atoms with van der Waals surface area (Å²) in [5, 5.41) is 0.173. The summed E-state index contributed by atoms with van der Waals surface area (Å²) in [4.78, 5) is 8.76. The van der Waals surface area contributed by atoms with Crippen molar-refractivity contribution in [3.05, 3.63) is 12.0 Å². The van der Waals surface area contributed by atoms with Gasteiger partial charge in [-0.15, -0.1) is 0 Å². The van der Waals surface area contributed by atoms with Gasteiger partial charge in [-0.25, -0.2) is 13.4 Å². The largest absolute Gasteiger partial charge is 0.332 e. The lowest BCUT2D eigenvalue weighted by Crippen LogP contribution is -2.33. The standard InChI is InChI=1S/C11H22N4O2S/c1-5-15(8-6-7-14(3)4)18(16,17)11-9-12-10(2)13-11/h9H,5-8H2,1-4H3,(H,12,13). The Labute approximate surface area is 109 Å². The molecule has 1 heterocycles. The highest BCUT2D eigenvalue weighted by Gasteiger charge is 2.24. The third-order valence-corrected chi connectivity index (χ3v) is 4.55. The second-order valence-corrected chi connectivity index (χ2v) is 6.39. The zero-order valence-electron chi connectivity index (χ0n) is 11.5. The van der Waals surface area contributed by atoms with Gasteiger partial charge in [0.15, 0.2) is 5.03 Å². The molecule has 7 heteroatoms. The molecule has 0 amide bonds. The SMILES string of the molecule is CCN(CCCN(C)C)S(=O)(=O)c1cnc(C)[nH]1. The topological polar surface area (TPSA) is 69.3 Å². The van der Waals surface area contributed by atoms with E-state index in [-0.39, 0.29) is 5.03 Å². The molecule has 0 fully saturated rings. The molecule has 0 aliphatic rings. The minimum Gasteiger partial charge on any atom is -0.332 e. The van der Waals surface area contributed by atoms with Crippen LogP contribution in [0, 0.1) is 6.92 Å². The van der Waals surface area contributed by atoms with Crippen molar-refractivity contribution >= 4 is 10.0 Å². The number of rotatable bonds is 7. The van der Waals surface area contributed by atoms with Crippen molar-refractivity contribution in [3.63, 3.8) is 0 Å². The quantitative estimate of drug-likeness (QED) is 0.794. The highest BCUT2D eigenvalue weighted by atomic mass is 32.2. The number of imidazole rings is 1. The van der Waals surface area contributed by atoms with Gasteiger partial charge >= 0.3 is 0 Å². The molecule has 0 unspecified atom stereocenters. The summed E-state index contributed by atoms with van der Waals surface area (Å²) in [5.41, 5.74) is 0. The van der Waals surface area contributed by atoms with Crippen molar-refractivity contribution in [1.82, 2.24) is 19.2 Å². The Kier molecular flexibility index (Phi) is 5.30. The van der Waals surface area contributed by atoms with Crippen LogP contribution in [0.4, 0.5) is 0 Å². The molecule has 0 aromatic carbocycles. The summed E-state index contributed by atoms with van der Waals surface area (Å²) in [6.45, 7) is 5.44. The van der Waals surface area contributed by atoms with Gasteiger partial charge in [0.05, 0.1) is 6.20 Å². The van der Waals surface area contributed by atoms with Crippen molar-refractivity contribution < 1.29 is 8.42 Å². The van der Waals surface area contributed by atoms with Gasteiger partial charge in [-0.3, -0.25) is 0 Å². The number of hydrogen-bond donors (Lipinski definition) is 1. The normalized spacial score (nSPS) is 12.6. The maximum Gasteiger partial charge on any atom is 0.260 e. The lowest BCUT2D eigenvalue weighted by atomic mass is 10.4. The number of nitrogens with zero attached hydrogens (tertiary/aromatic N) is 3. The fraction of sp³-hybridized carbons (Fsp3) is 0.727. The average Bonchev–Trinajstić information content (AvgIpc) is 2.71. The predicted octanol–water partition coefficient (Wildman–Crippen LogP) is 0.680. The van der Waals surface area contributed by atoms with E-state index in [4.69, 9.17) is 0 Å². The zero-order valence-corrected chi connectivity index (χ0v) is 12.3. The minimum absolute atomic E-state index is 0.173. The Balaban J connectivity index is 2.74. The minimum atomic E-state index is -3.43. The molecular weight excluding hydrogens is 252 g/mol. The van der Waals surface area contributed by atoms with Crippen LogP contribution in [0.2, 0.25) is 0 Å². The third kappa shape index (κ3) is 3.79. The molecule has 0 saturated carbocycles. The summed E-state index contributed by atoms with van der Waals surface area (Å²) in [5.74, 6) is 0.609. The van der Waals surface area contributed by atoms with Crippen molar-refractivity contribution in [2.45, 2.75) is 25.3 Å². The first-order valence-corrected chi connectivity index (χ1v) is 7.48. The number of aromatic nitrogens is 2. The molecule has 1 rings (SSSR count). The zero-order chi connectivity index (χ0) is 13.8. The van der Waals surface area contributed by atoms with Gasteiger partial charge in [0.25, 0.3) is 10.0 Å². The molecule has 18 heavy (non-hydrogen) atoms. The van der Waals surface area contributed by atoms with Gasteiger partial charge in [0.2, 0.25) is 0 Å². The third-order valence-electron chi connectivity index (χ3n) is 2.66. The van der Waals surface area contributed by atoms with E-state index in [1.54, 1.807) is 6.92 Å². The number of sulfonamides is 1. The molecule has 0 aliphatic heterocycles. The highest BCUT2D eigenvalue weighted by molar-refractivity contribution is 7.89. The summed E-state index contributed by atoms with van der Waals surface area (Å²) in [6.07, 6.45) is 2.19. The van der Waals surface area contributed by atoms with E-state index >= 15 is 0 Å². The van der Waals surface area contributed by atoms with E-state index in [0.717, 1.165) is 13.0 Å². The summed E-state index contributed by atoms with van der Waals surface area (Å²) in [7, 11) is 0.519. The first kappa shape index (κ1) is 15.1. The van der Waals surface area contributed by atoms with Crippen LogP contribution in [0.15, 0.2) is 11.2 Å². The molecule has 0 radical (unpaired) electrons. The Morgan fingerprint density at radius 3 is 2.44 bits per heavy atom. The monoisotopic (exact) mass is 274 g/mol. The Hall–Kier alpha value is -0.920. The van der Waals surface area contributed by atoms with E-state index in [2.05, 4.69) is 9.97 Å². The molecule has 0 spiro atoms. The van der Waals surface area contributed by atoms with E-state index in [1.807, 2.05) is 25.9 Å². The van der Waals surface area contributed by atoms with Crippen molar-refractivity contribution in [3.8, 4) is 0 Å². The molecule has 0 bridgehead atoms. The van der Waals surface area contributed by atoms with Gasteiger partial charge in [0, 0.05) is 13.1 Å². The van der Waals surface area contributed by atoms with Crippen LogP contribution in [0.3, 0.4) is 0 Å². The number of aromatic amines is 1. The lowest BCUT2D eigenvalue weighted by Gasteiger charge is -2.20. The number of aryl methyl sites for hydroxylation is 1. The highest BCUT2D eigenvalue weighted by Crippen LogP contribution is 2.13. The van der Waals surface area contributed by atoms with Gasteiger partial charge < -0.3 is 9.88 Å². The average molecular weight is 274 g/mol. The fourth-order valence-corrected chi connectivity index (χ4v) is 3.13. The van der Waals surface area contributed by atoms with E-state index < -0.39 is 10.0 Å². The first-order chi connectivity index (χ1) is 8.37. The van der Waals surface area contributed by atoms with Crippen LogP contribution < -0.4 is 0 Å². The van der Waals surface area contributed by atoms with Gasteiger partial charge in [0.1, 0.15) is 5.82 Å². The number of H-pyrrole nitrogens is 1. The molecule has 0 aliphatic carbocycles. The molecule has 1 aromatic heterocycles. The summed E-state index contributed by atoms with van der Waals surface area (Å²) in [6, 6.07) is 0. The molecule has 0 saturated heterocycles. The van der Waals surface area contributed by atoms with Crippen LogP contribution in [0.25, 0.3) is 0 Å². The first-order valence-electron chi connectivity index (χ1n) is 6.04. The Morgan fingerprint density at radius 1 is 1.33 bits per heavy atom. The van der Waals surface area contributed by atoms with Crippen molar-refractivity contribution in [1.29, 1.82) is 0 Å². The molecule has 1 N–H and O–H groups in total. The van der Waals surface area contributed by atoms with Crippen LogP contribution in [0.5, 0.6) is 0 Å². The predicted molar refractivity (Wildman–Crippen MR) is 70.9 cm³/mol. The summed E-state index contributed by atoms with van der Waals surface area (Å²) >= 11 is 0. The molecule has 1 aromatic rings. The molecule has 0 atom stereocenters. The van der Waals surface area contributed by atoms with Crippen LogP contribution >= 0.6 is 0 Å². The molecular formula is C11H22N4O2S. The smallest absolute Gasteiger partial charge is 0.260 e. The van der Waals surface area contributed by atoms with Crippen LogP contribution in [-0.2, 0) is 10.0 Å². The van der Waals surface area contributed by atoms with E-state index in [0.29, 0.717) is 18.9 Å². The van der Waals surface area contributed by atoms with Gasteiger partial charge in [-0.1, -0.05) is 6.92 Å². The second kappa shape index (κ2) is 6.31. The summed E-state index contributed by atoms with van der Waals surface area (Å²) < 4.78 is 26.1. The van der Waals surface area contributed by atoms with Gasteiger partial charge in [-0.05, 0) is 34.0 Å². The van der Waals surface area contributed by atoms with Crippen LogP contribution in [-0.4, -0.2) is 61.3 Å². The van der Waals surface area contributed by atoms with Crippen molar-refractivity contribution in [2.24, 2.45) is 0 Å². The second-order valence-electron chi connectivity index (χ2n) is 4.49. The number of nitrogens with one attached hydrogen (secondary N) is 1. The maximum atomic E-state index is 12.3. The van der Waals surface area contributed by atoms with Gasteiger partial charge in [-0.2, -0.15) is 4.31 Å². The van der Waals surface area contributed by atoms with Crippen molar-refractivity contribution in [2.75, 3.05) is 33.7 Å². The molecule has 6 nitrogen and oxygen atoms in total. The maximum absolute atomic E-state index is 12.3. The Morgan fingerprint density at radius 2 is 2.00 bits per heavy atom. The van der Waals surface area contributed by atoms with E-state index in [1.165, 1.54) is 10.5 Å². The van der Waals surface area contributed by atoms with Crippen LogP contribution in [0.1, 0.15) is 19.2 Å². The fourth-order valence-electron chi connectivity index (χ4n) is 1.68. The molecule has 104 valence electrons.